The number of ether oxygens (including phenoxy) is 1. The van der Waals surface area contributed by atoms with Crippen LogP contribution >= 0.6 is 0 Å². The third-order valence-electron chi connectivity index (χ3n) is 6.91. The van der Waals surface area contributed by atoms with E-state index in [-0.39, 0.29) is 0 Å². The van der Waals surface area contributed by atoms with Crippen molar-refractivity contribution in [1.29, 1.82) is 5.26 Å². The minimum Gasteiger partial charge on any atom is -0.497 e. The van der Waals surface area contributed by atoms with Crippen LogP contribution in [-0.4, -0.2) is 66.1 Å². The van der Waals surface area contributed by atoms with Gasteiger partial charge in [-0.1, -0.05) is 12.1 Å². The first-order valence-electron chi connectivity index (χ1n) is 12.2. The van der Waals surface area contributed by atoms with Gasteiger partial charge in [0.2, 0.25) is 0 Å². The van der Waals surface area contributed by atoms with Crippen LogP contribution in [0.1, 0.15) is 17.7 Å². The van der Waals surface area contributed by atoms with Crippen LogP contribution in [0.2, 0.25) is 0 Å². The molecule has 0 saturated carbocycles. The van der Waals surface area contributed by atoms with Crippen LogP contribution in [0.15, 0.2) is 66.9 Å². The van der Waals surface area contributed by atoms with Crippen molar-refractivity contribution in [2.24, 2.45) is 0 Å². The van der Waals surface area contributed by atoms with E-state index in [0.29, 0.717) is 5.56 Å². The molecule has 1 fully saturated rings. The Morgan fingerprint density at radius 1 is 0.886 bits per heavy atom. The van der Waals surface area contributed by atoms with E-state index in [1.54, 1.807) is 7.11 Å². The molecule has 3 heterocycles. The number of hydrogen-bond acceptors (Lipinski definition) is 5. The lowest BCUT2D eigenvalue weighted by molar-refractivity contribution is 0.278. The Labute approximate surface area is 207 Å². The molecule has 0 spiro atoms. The average molecular weight is 466 g/mol. The summed E-state index contributed by atoms with van der Waals surface area (Å²) in [6.45, 7) is 5.52. The second kappa shape index (κ2) is 10.3. The van der Waals surface area contributed by atoms with Crippen molar-refractivity contribution in [3.8, 4) is 34.2 Å². The van der Waals surface area contributed by atoms with Crippen molar-refractivity contribution in [2.45, 2.75) is 12.8 Å². The Bertz CT molecular complexity index is 1330. The maximum Gasteiger partial charge on any atom is 0.137 e. The molecule has 35 heavy (non-hydrogen) atoms. The highest BCUT2D eigenvalue weighted by Gasteiger charge is 2.18. The first kappa shape index (κ1) is 23.1. The second-order valence-corrected chi connectivity index (χ2v) is 9.22. The van der Waals surface area contributed by atoms with Gasteiger partial charge in [-0.15, -0.1) is 0 Å². The Hall–Kier alpha value is -3.66. The van der Waals surface area contributed by atoms with E-state index in [0.717, 1.165) is 72.9 Å². The summed E-state index contributed by atoms with van der Waals surface area (Å²) < 4.78 is 7.61. The molecule has 1 aliphatic heterocycles. The van der Waals surface area contributed by atoms with E-state index in [9.17, 15) is 0 Å². The van der Waals surface area contributed by atoms with Gasteiger partial charge in [-0.25, -0.2) is 4.98 Å². The van der Waals surface area contributed by atoms with Crippen LogP contribution in [-0.2, 0) is 6.42 Å². The highest BCUT2D eigenvalue weighted by Crippen LogP contribution is 2.29. The number of aromatic nitrogens is 2. The van der Waals surface area contributed by atoms with Gasteiger partial charge >= 0.3 is 0 Å². The SMILES string of the molecule is COc1ccc(-c2nc3ccc(-c4ccc(C#N)cc4)cn3c2CCN2CCCN(C)CC2)cc1. The van der Waals surface area contributed by atoms with Crippen molar-refractivity contribution in [3.05, 3.63) is 78.1 Å². The number of nitriles is 1. The molecule has 6 heteroatoms. The lowest BCUT2D eigenvalue weighted by Crippen LogP contribution is -2.30. The van der Waals surface area contributed by atoms with Crippen molar-refractivity contribution < 1.29 is 4.74 Å². The molecule has 0 radical (unpaired) electrons. The molecule has 0 atom stereocenters. The van der Waals surface area contributed by atoms with Crippen LogP contribution in [0.25, 0.3) is 28.0 Å². The Morgan fingerprint density at radius 2 is 1.63 bits per heavy atom. The smallest absolute Gasteiger partial charge is 0.137 e. The molecule has 0 aliphatic carbocycles. The Morgan fingerprint density at radius 3 is 2.37 bits per heavy atom. The molecule has 4 aromatic rings. The number of benzene rings is 2. The van der Waals surface area contributed by atoms with Gasteiger partial charge in [0.05, 0.1) is 30.1 Å². The zero-order valence-electron chi connectivity index (χ0n) is 20.4. The molecule has 0 bridgehead atoms. The van der Waals surface area contributed by atoms with Gasteiger partial charge in [-0.3, -0.25) is 0 Å². The molecule has 2 aromatic heterocycles. The topological polar surface area (TPSA) is 56.8 Å². The van der Waals surface area contributed by atoms with Crippen LogP contribution in [0.5, 0.6) is 5.75 Å². The summed E-state index contributed by atoms with van der Waals surface area (Å²) in [4.78, 5) is 10.0. The summed E-state index contributed by atoms with van der Waals surface area (Å²) in [5, 5.41) is 9.14. The molecule has 0 N–H and O–H groups in total. The molecule has 1 aliphatic rings. The fourth-order valence-electron chi connectivity index (χ4n) is 4.81. The third kappa shape index (κ3) is 5.07. The van der Waals surface area contributed by atoms with E-state index in [4.69, 9.17) is 15.0 Å². The van der Waals surface area contributed by atoms with E-state index in [2.05, 4.69) is 57.8 Å². The zero-order valence-corrected chi connectivity index (χ0v) is 20.4. The molecule has 2 aromatic carbocycles. The molecule has 1 saturated heterocycles. The lowest BCUT2D eigenvalue weighted by atomic mass is 10.1. The van der Waals surface area contributed by atoms with Crippen molar-refractivity contribution in [1.82, 2.24) is 19.2 Å². The maximum atomic E-state index is 9.14. The number of imidazole rings is 1. The van der Waals surface area contributed by atoms with Crippen molar-refractivity contribution in [3.63, 3.8) is 0 Å². The third-order valence-corrected chi connectivity index (χ3v) is 6.91. The number of nitrogens with zero attached hydrogens (tertiary/aromatic N) is 5. The molecular formula is C29H31N5O. The van der Waals surface area contributed by atoms with E-state index in [1.807, 2.05) is 36.4 Å². The number of likely N-dealkylation sites (N-methyl/N-ethyl adjacent to an activating group) is 1. The molecule has 0 unspecified atom stereocenters. The van der Waals surface area contributed by atoms with Crippen LogP contribution in [0, 0.1) is 11.3 Å². The van der Waals surface area contributed by atoms with Gasteiger partial charge in [-0.05, 0) is 86.2 Å². The van der Waals surface area contributed by atoms with Gasteiger partial charge in [0, 0.05) is 37.8 Å². The Kier molecular flexibility index (Phi) is 6.80. The molecular weight excluding hydrogens is 434 g/mol. The van der Waals surface area contributed by atoms with Gasteiger partial charge in [0.25, 0.3) is 0 Å². The van der Waals surface area contributed by atoms with E-state index in [1.165, 1.54) is 12.1 Å². The van der Waals surface area contributed by atoms with E-state index < -0.39 is 0 Å². The number of rotatable bonds is 6. The summed E-state index contributed by atoms with van der Waals surface area (Å²) in [7, 11) is 3.90. The highest BCUT2D eigenvalue weighted by atomic mass is 16.5. The van der Waals surface area contributed by atoms with Gasteiger partial charge in [0.1, 0.15) is 11.4 Å². The molecule has 6 nitrogen and oxygen atoms in total. The Balaban J connectivity index is 1.52. The van der Waals surface area contributed by atoms with Crippen molar-refractivity contribution >= 4 is 5.65 Å². The van der Waals surface area contributed by atoms with Gasteiger partial charge in [-0.2, -0.15) is 5.26 Å². The largest absolute Gasteiger partial charge is 0.497 e. The van der Waals surface area contributed by atoms with Crippen LogP contribution in [0.4, 0.5) is 0 Å². The van der Waals surface area contributed by atoms with Crippen LogP contribution < -0.4 is 4.74 Å². The monoisotopic (exact) mass is 465 g/mol. The highest BCUT2D eigenvalue weighted by molar-refractivity contribution is 5.70. The first-order chi connectivity index (χ1) is 17.1. The predicted molar refractivity (Wildman–Crippen MR) is 140 cm³/mol. The fourth-order valence-corrected chi connectivity index (χ4v) is 4.81. The summed E-state index contributed by atoms with van der Waals surface area (Å²) in [5.74, 6) is 0.843. The minimum absolute atomic E-state index is 0.669. The zero-order chi connectivity index (χ0) is 24.2. The summed E-state index contributed by atoms with van der Waals surface area (Å²) in [5.41, 5.74) is 7.15. The number of methoxy groups -OCH3 is 1. The summed E-state index contributed by atoms with van der Waals surface area (Å²) in [6, 6.07) is 22.3. The quantitative estimate of drug-likeness (QED) is 0.412. The number of hydrogen-bond donors (Lipinski definition) is 0. The van der Waals surface area contributed by atoms with Gasteiger partial charge in [0.15, 0.2) is 0 Å². The second-order valence-electron chi connectivity index (χ2n) is 9.22. The standard InChI is InChI=1S/C29H31N5O/c1-32-15-3-16-33(19-18-32)17-14-27-29(24-8-11-26(35-2)12-9-24)31-28-13-10-25(21-34(27)28)23-6-4-22(20-30)5-7-23/h4-13,21H,3,14-19H2,1-2H3. The molecule has 0 amide bonds. The molecule has 178 valence electrons. The fraction of sp³-hybridized carbons (Fsp3) is 0.310. The number of fused-ring (bicyclic) bond motifs is 1. The predicted octanol–water partition coefficient (Wildman–Crippen LogP) is 4.73. The van der Waals surface area contributed by atoms with Gasteiger partial charge < -0.3 is 18.9 Å². The van der Waals surface area contributed by atoms with Crippen LogP contribution in [0.3, 0.4) is 0 Å². The summed E-state index contributed by atoms with van der Waals surface area (Å²) >= 11 is 0. The maximum absolute atomic E-state index is 9.14. The van der Waals surface area contributed by atoms with Crippen molar-refractivity contribution in [2.75, 3.05) is 46.9 Å². The average Bonchev–Trinajstić information content (AvgIpc) is 3.14. The normalized spacial score (nSPS) is 15.1. The number of pyridine rings is 1. The summed E-state index contributed by atoms with van der Waals surface area (Å²) in [6.07, 6.45) is 4.31. The van der Waals surface area contributed by atoms with E-state index >= 15 is 0 Å². The first-order valence-corrected chi connectivity index (χ1v) is 12.2. The minimum atomic E-state index is 0.669. The molecule has 5 rings (SSSR count). The lowest BCUT2D eigenvalue weighted by Gasteiger charge is -2.20.